The molecule has 0 saturated heterocycles. The Kier molecular flexibility index (Phi) is 6.23. The Morgan fingerprint density at radius 1 is 0.972 bits per heavy atom. The molecular weight excluding hydrogens is 454 g/mol. The lowest BCUT2D eigenvalue weighted by Crippen LogP contribution is -2.29. The second-order valence-corrected chi connectivity index (χ2v) is 8.75. The first-order chi connectivity index (χ1) is 17.5. The number of fused-ring (bicyclic) bond motifs is 2. The van der Waals surface area contributed by atoms with Crippen molar-refractivity contribution in [1.82, 2.24) is 14.9 Å². The highest BCUT2D eigenvalue weighted by molar-refractivity contribution is 6.04. The van der Waals surface area contributed by atoms with E-state index in [0.717, 1.165) is 16.3 Å². The number of pyridine rings is 2. The second-order valence-electron chi connectivity index (χ2n) is 8.75. The van der Waals surface area contributed by atoms with Crippen LogP contribution in [0.5, 0.6) is 11.5 Å². The fraction of sp³-hybridized carbons (Fsp3) is 0.138. The molecule has 0 fully saturated rings. The fourth-order valence-corrected chi connectivity index (χ4v) is 4.69. The molecule has 0 aliphatic rings. The lowest BCUT2D eigenvalue weighted by molar-refractivity contribution is 0.0964. The summed E-state index contributed by atoms with van der Waals surface area (Å²) < 4.78 is 1.37. The Hall–Kier alpha value is -4.49. The van der Waals surface area contributed by atoms with Crippen LogP contribution in [0.1, 0.15) is 33.9 Å². The van der Waals surface area contributed by atoms with E-state index < -0.39 is 17.4 Å². The van der Waals surface area contributed by atoms with Crippen LogP contribution in [-0.4, -0.2) is 25.5 Å². The number of Topliss-reactive ketones (excluding diaryl/α,β-unsaturated/α-hetero) is 1. The van der Waals surface area contributed by atoms with E-state index in [1.165, 1.54) is 4.57 Å². The largest absolute Gasteiger partial charge is 0.508 e. The summed E-state index contributed by atoms with van der Waals surface area (Å²) in [5.41, 5.74) is 1.17. The topological polar surface area (TPSA) is 104 Å². The number of hydrogen-bond acceptors (Lipinski definition) is 6. The Balaban J connectivity index is 1.59. The normalized spacial score (nSPS) is 12.1. The smallest absolute Gasteiger partial charge is 0.265 e. The molecule has 180 valence electrons. The van der Waals surface area contributed by atoms with Crippen LogP contribution in [0.15, 0.2) is 90.0 Å². The van der Waals surface area contributed by atoms with Crippen molar-refractivity contribution in [2.24, 2.45) is 7.05 Å². The van der Waals surface area contributed by atoms with Gasteiger partial charge in [-0.05, 0) is 40.6 Å². The molecule has 0 spiro atoms. The van der Waals surface area contributed by atoms with Gasteiger partial charge in [0.1, 0.15) is 17.1 Å². The average Bonchev–Trinajstić information content (AvgIpc) is 2.90. The molecule has 3 N–H and O–H groups in total. The first-order valence-corrected chi connectivity index (χ1v) is 11.6. The van der Waals surface area contributed by atoms with Gasteiger partial charge in [-0.15, -0.1) is 0 Å². The third-order valence-electron chi connectivity index (χ3n) is 6.52. The molecule has 3 aromatic carbocycles. The van der Waals surface area contributed by atoms with Gasteiger partial charge >= 0.3 is 0 Å². The number of aromatic nitrogens is 2. The van der Waals surface area contributed by atoms with Crippen molar-refractivity contribution < 1.29 is 15.0 Å². The summed E-state index contributed by atoms with van der Waals surface area (Å²) in [5, 5.41) is 27.3. The third-order valence-corrected chi connectivity index (χ3v) is 6.52. The maximum atomic E-state index is 13.6. The van der Waals surface area contributed by atoms with E-state index in [1.54, 1.807) is 49.8 Å². The first kappa shape index (κ1) is 23.3. The van der Waals surface area contributed by atoms with Crippen molar-refractivity contribution in [3.05, 3.63) is 112 Å². The predicted octanol–water partition coefficient (Wildman–Crippen LogP) is 4.60. The van der Waals surface area contributed by atoms with E-state index in [-0.39, 0.29) is 23.5 Å². The van der Waals surface area contributed by atoms with Gasteiger partial charge in [-0.3, -0.25) is 14.6 Å². The summed E-state index contributed by atoms with van der Waals surface area (Å²) in [6.07, 6.45) is 3.25. The average molecular weight is 480 g/mol. The molecule has 1 atom stereocenters. The van der Waals surface area contributed by atoms with Gasteiger partial charge in [-0.1, -0.05) is 48.5 Å². The minimum atomic E-state index is -0.639. The van der Waals surface area contributed by atoms with Gasteiger partial charge in [0, 0.05) is 49.4 Å². The van der Waals surface area contributed by atoms with Gasteiger partial charge in [0.05, 0.1) is 5.52 Å². The Bertz CT molecular complexity index is 1640. The van der Waals surface area contributed by atoms with Gasteiger partial charge in [-0.25, -0.2) is 0 Å². The number of benzene rings is 3. The maximum absolute atomic E-state index is 13.6. The van der Waals surface area contributed by atoms with Crippen LogP contribution in [0.4, 0.5) is 0 Å². The standard InChI is InChI=1S/C29H25N3O4/c1-32-23-11-5-4-10-21(23)28(35)27(29(32)36)25(34)15-22(31-17-18-7-6-14-30-16-18)26-20-9-3-2-8-19(20)12-13-24(26)33/h2-14,16,22,31,33,35H,15,17H2,1H3. The summed E-state index contributed by atoms with van der Waals surface area (Å²) >= 11 is 0. The van der Waals surface area contributed by atoms with Gasteiger partial charge in [0.15, 0.2) is 5.78 Å². The van der Waals surface area contributed by atoms with Crippen molar-refractivity contribution in [3.63, 3.8) is 0 Å². The number of phenols is 1. The zero-order valence-electron chi connectivity index (χ0n) is 19.7. The number of nitrogens with zero attached hydrogens (tertiary/aromatic N) is 2. The lowest BCUT2D eigenvalue weighted by Gasteiger charge is -2.22. The van der Waals surface area contributed by atoms with E-state index in [2.05, 4.69) is 10.3 Å². The van der Waals surface area contributed by atoms with E-state index in [0.29, 0.717) is 23.0 Å². The number of aromatic hydroxyl groups is 2. The summed E-state index contributed by atoms with van der Waals surface area (Å²) in [5.74, 6) is -0.803. The van der Waals surface area contributed by atoms with Crippen LogP contribution >= 0.6 is 0 Å². The summed E-state index contributed by atoms with van der Waals surface area (Å²) in [6.45, 7) is 0.385. The van der Waals surface area contributed by atoms with Crippen molar-refractivity contribution in [2.75, 3.05) is 0 Å². The zero-order chi connectivity index (χ0) is 25.2. The number of ketones is 1. The SMILES string of the molecule is Cn1c(=O)c(C(=O)CC(NCc2cccnc2)c2c(O)ccc3ccccc23)c(O)c2ccccc21. The van der Waals surface area contributed by atoms with Crippen molar-refractivity contribution in [1.29, 1.82) is 0 Å². The molecule has 36 heavy (non-hydrogen) atoms. The molecule has 0 bridgehead atoms. The van der Waals surface area contributed by atoms with E-state index >= 15 is 0 Å². The molecule has 0 radical (unpaired) electrons. The van der Waals surface area contributed by atoms with Crippen molar-refractivity contribution in [3.8, 4) is 11.5 Å². The number of para-hydroxylation sites is 1. The highest BCUT2D eigenvalue weighted by atomic mass is 16.3. The van der Waals surface area contributed by atoms with Crippen molar-refractivity contribution in [2.45, 2.75) is 19.0 Å². The van der Waals surface area contributed by atoms with Crippen LogP contribution in [0.3, 0.4) is 0 Å². The number of nitrogens with one attached hydrogen (secondary N) is 1. The number of carbonyl (C=O) groups excluding carboxylic acids is 1. The second kappa shape index (κ2) is 9.64. The minimum Gasteiger partial charge on any atom is -0.508 e. The molecule has 0 aliphatic heterocycles. The molecule has 7 heteroatoms. The van der Waals surface area contributed by atoms with Crippen LogP contribution < -0.4 is 10.9 Å². The Labute approximate surface area is 207 Å². The van der Waals surface area contributed by atoms with Crippen LogP contribution in [-0.2, 0) is 13.6 Å². The van der Waals surface area contributed by atoms with Gasteiger partial charge in [-0.2, -0.15) is 0 Å². The van der Waals surface area contributed by atoms with Gasteiger partial charge in [0.25, 0.3) is 5.56 Å². The summed E-state index contributed by atoms with van der Waals surface area (Å²) in [4.78, 5) is 30.9. The summed E-state index contributed by atoms with van der Waals surface area (Å²) in [7, 11) is 1.58. The molecule has 1 unspecified atom stereocenters. The quantitative estimate of drug-likeness (QED) is 0.295. The lowest BCUT2D eigenvalue weighted by atomic mass is 9.92. The monoisotopic (exact) mass is 479 g/mol. The summed E-state index contributed by atoms with van der Waals surface area (Å²) in [6, 6.07) is 21.0. The molecule has 5 aromatic rings. The number of hydrogen-bond donors (Lipinski definition) is 3. The van der Waals surface area contributed by atoms with E-state index in [9.17, 15) is 19.8 Å². The fourth-order valence-electron chi connectivity index (χ4n) is 4.69. The third kappa shape index (κ3) is 4.21. The molecule has 2 heterocycles. The molecule has 0 saturated carbocycles. The van der Waals surface area contributed by atoms with E-state index in [1.807, 2.05) is 42.5 Å². The molecule has 0 aliphatic carbocycles. The van der Waals surface area contributed by atoms with Crippen LogP contribution in [0, 0.1) is 0 Å². The first-order valence-electron chi connectivity index (χ1n) is 11.6. The zero-order valence-corrected chi connectivity index (χ0v) is 19.7. The highest BCUT2D eigenvalue weighted by Crippen LogP contribution is 2.36. The van der Waals surface area contributed by atoms with Gasteiger partial charge < -0.3 is 20.1 Å². The van der Waals surface area contributed by atoms with E-state index in [4.69, 9.17) is 0 Å². The molecular formula is C29H25N3O4. The molecule has 7 nitrogen and oxygen atoms in total. The molecule has 5 rings (SSSR count). The minimum absolute atomic E-state index is 0.0424. The number of aryl methyl sites for hydroxylation is 1. The van der Waals surface area contributed by atoms with Gasteiger partial charge in [0.2, 0.25) is 0 Å². The molecule has 2 aromatic heterocycles. The van der Waals surface area contributed by atoms with Crippen LogP contribution in [0.25, 0.3) is 21.7 Å². The Morgan fingerprint density at radius 3 is 2.50 bits per heavy atom. The van der Waals surface area contributed by atoms with Crippen molar-refractivity contribution >= 4 is 27.5 Å². The number of rotatable bonds is 7. The maximum Gasteiger partial charge on any atom is 0.265 e. The number of carbonyl (C=O) groups is 1. The number of phenolic OH excluding ortho intramolecular Hbond substituents is 1. The highest BCUT2D eigenvalue weighted by Gasteiger charge is 2.27. The molecule has 0 amide bonds. The predicted molar refractivity (Wildman–Crippen MR) is 139 cm³/mol. The Morgan fingerprint density at radius 2 is 1.72 bits per heavy atom. The van der Waals surface area contributed by atoms with Crippen LogP contribution in [0.2, 0.25) is 0 Å².